The Morgan fingerprint density at radius 3 is 2.52 bits per heavy atom. The largest absolute Gasteiger partial charge is 0.464 e. The first-order valence-electron chi connectivity index (χ1n) is 6.97. The zero-order valence-corrected chi connectivity index (χ0v) is 16.3. The molecule has 0 radical (unpaired) electrons. The SMILES string of the molecule is COC(=O)c1nc(Cl)ccc1S(=O)(=O)N(OC)C(C)c1csc(C)n1. The molecule has 0 fully saturated rings. The summed E-state index contributed by atoms with van der Waals surface area (Å²) in [5, 5.41) is 2.49. The Morgan fingerprint density at radius 2 is 2.00 bits per heavy atom. The number of sulfonamides is 1. The molecule has 0 aliphatic rings. The number of aryl methyl sites for hydroxylation is 1. The molecule has 0 saturated heterocycles. The van der Waals surface area contributed by atoms with E-state index in [9.17, 15) is 13.2 Å². The van der Waals surface area contributed by atoms with E-state index in [-0.39, 0.29) is 10.0 Å². The maximum absolute atomic E-state index is 13.0. The number of carbonyl (C=O) groups excluding carboxylic acids is 1. The highest BCUT2D eigenvalue weighted by atomic mass is 35.5. The van der Waals surface area contributed by atoms with Crippen molar-refractivity contribution in [1.82, 2.24) is 14.4 Å². The van der Waals surface area contributed by atoms with Crippen molar-refractivity contribution in [2.24, 2.45) is 0 Å². The zero-order chi connectivity index (χ0) is 18.8. The molecule has 0 aromatic carbocycles. The van der Waals surface area contributed by atoms with E-state index in [0.29, 0.717) is 5.69 Å². The van der Waals surface area contributed by atoms with Crippen molar-refractivity contribution in [3.8, 4) is 0 Å². The third kappa shape index (κ3) is 3.98. The Kier molecular flexibility index (Phi) is 6.12. The van der Waals surface area contributed by atoms with Crippen LogP contribution in [0.4, 0.5) is 0 Å². The van der Waals surface area contributed by atoms with Crippen LogP contribution in [0.25, 0.3) is 0 Å². The molecular weight excluding hydrogens is 390 g/mol. The average Bonchev–Trinajstić information content (AvgIpc) is 3.00. The van der Waals surface area contributed by atoms with Gasteiger partial charge in [0.1, 0.15) is 10.0 Å². The fraction of sp³-hybridized carbons (Fsp3) is 0.357. The molecule has 0 aliphatic carbocycles. The van der Waals surface area contributed by atoms with Gasteiger partial charge < -0.3 is 4.74 Å². The monoisotopic (exact) mass is 405 g/mol. The minimum atomic E-state index is -4.24. The Morgan fingerprint density at radius 1 is 1.32 bits per heavy atom. The molecule has 0 bridgehead atoms. The first-order chi connectivity index (χ1) is 11.7. The summed E-state index contributed by atoms with van der Waals surface area (Å²) in [7, 11) is -1.90. The first-order valence-corrected chi connectivity index (χ1v) is 9.67. The van der Waals surface area contributed by atoms with Crippen LogP contribution in [-0.2, 0) is 19.6 Å². The summed E-state index contributed by atoms with van der Waals surface area (Å²) in [5.74, 6) is -0.922. The van der Waals surface area contributed by atoms with Crippen molar-refractivity contribution in [2.75, 3.05) is 14.2 Å². The van der Waals surface area contributed by atoms with Crippen molar-refractivity contribution in [2.45, 2.75) is 24.8 Å². The zero-order valence-electron chi connectivity index (χ0n) is 13.9. The van der Waals surface area contributed by atoms with E-state index in [1.807, 2.05) is 6.92 Å². The standard InChI is InChI=1S/C14H16ClN3O5S2/c1-8(10-7-24-9(2)16-10)18(23-4)25(20,21)11-5-6-12(15)17-13(11)14(19)22-3/h5-8H,1-4H3. The molecule has 1 unspecified atom stereocenters. The number of rotatable bonds is 6. The predicted molar refractivity (Wildman–Crippen MR) is 91.9 cm³/mol. The number of thiazole rings is 1. The van der Waals surface area contributed by atoms with Gasteiger partial charge in [0.05, 0.1) is 31.0 Å². The summed E-state index contributed by atoms with van der Waals surface area (Å²) < 4.78 is 31.4. The Hall–Kier alpha value is -1.59. The van der Waals surface area contributed by atoms with Crippen molar-refractivity contribution < 1.29 is 22.8 Å². The summed E-state index contributed by atoms with van der Waals surface area (Å²) in [5.41, 5.74) is 0.105. The van der Waals surface area contributed by atoms with Gasteiger partial charge in [0, 0.05) is 5.38 Å². The Labute approximate surface area is 154 Å². The van der Waals surface area contributed by atoms with Crippen LogP contribution < -0.4 is 0 Å². The molecular formula is C14H16ClN3O5S2. The number of carbonyl (C=O) groups is 1. The molecule has 2 heterocycles. The lowest BCUT2D eigenvalue weighted by molar-refractivity contribution is -0.0782. The second-order valence-electron chi connectivity index (χ2n) is 4.88. The van der Waals surface area contributed by atoms with E-state index in [1.165, 1.54) is 30.6 Å². The first kappa shape index (κ1) is 19.7. The summed E-state index contributed by atoms with van der Waals surface area (Å²) in [6.07, 6.45) is 0. The van der Waals surface area contributed by atoms with Gasteiger partial charge in [-0.1, -0.05) is 16.1 Å². The molecule has 11 heteroatoms. The van der Waals surface area contributed by atoms with Crippen LogP contribution >= 0.6 is 22.9 Å². The lowest BCUT2D eigenvalue weighted by Crippen LogP contribution is -2.34. The van der Waals surface area contributed by atoms with Crippen molar-refractivity contribution in [1.29, 1.82) is 0 Å². The number of methoxy groups -OCH3 is 1. The summed E-state index contributed by atoms with van der Waals surface area (Å²) in [4.78, 5) is 24.7. The number of pyridine rings is 1. The third-order valence-electron chi connectivity index (χ3n) is 3.28. The minimum Gasteiger partial charge on any atom is -0.464 e. The fourth-order valence-electron chi connectivity index (χ4n) is 2.11. The van der Waals surface area contributed by atoms with E-state index in [4.69, 9.17) is 16.4 Å². The van der Waals surface area contributed by atoms with Crippen LogP contribution in [0.2, 0.25) is 5.15 Å². The molecule has 2 aromatic rings. The third-order valence-corrected chi connectivity index (χ3v) is 6.11. The molecule has 136 valence electrons. The van der Waals surface area contributed by atoms with Crippen LogP contribution in [0.5, 0.6) is 0 Å². The number of hydroxylamine groups is 1. The number of hydrogen-bond donors (Lipinski definition) is 0. The summed E-state index contributed by atoms with van der Waals surface area (Å²) >= 11 is 7.16. The number of esters is 1. The predicted octanol–water partition coefficient (Wildman–Crippen LogP) is 2.60. The van der Waals surface area contributed by atoms with Gasteiger partial charge in [-0.05, 0) is 26.0 Å². The Balaban J connectivity index is 2.54. The second-order valence-corrected chi connectivity index (χ2v) is 8.08. The molecule has 0 amide bonds. The number of ether oxygens (including phenoxy) is 1. The van der Waals surface area contributed by atoms with Crippen LogP contribution in [0.15, 0.2) is 22.4 Å². The van der Waals surface area contributed by atoms with E-state index in [2.05, 4.69) is 14.7 Å². The molecule has 1 atom stereocenters. The van der Waals surface area contributed by atoms with Crippen molar-refractivity contribution in [3.05, 3.63) is 39.1 Å². The van der Waals surface area contributed by atoms with Crippen molar-refractivity contribution in [3.63, 3.8) is 0 Å². The molecule has 0 N–H and O–H groups in total. The highest BCUT2D eigenvalue weighted by Gasteiger charge is 2.35. The normalized spacial score (nSPS) is 13.0. The highest BCUT2D eigenvalue weighted by Crippen LogP contribution is 2.30. The summed E-state index contributed by atoms with van der Waals surface area (Å²) in [6.45, 7) is 3.43. The number of hydrogen-bond acceptors (Lipinski definition) is 8. The van der Waals surface area contributed by atoms with Crippen LogP contribution in [0.1, 0.15) is 34.2 Å². The van der Waals surface area contributed by atoms with Gasteiger partial charge >= 0.3 is 5.97 Å². The topological polar surface area (TPSA) is 98.7 Å². The fourth-order valence-corrected chi connectivity index (χ4v) is 4.49. The Bertz CT molecular complexity index is 884. The molecule has 2 aromatic heterocycles. The van der Waals surface area contributed by atoms with Gasteiger partial charge in [-0.2, -0.15) is 0 Å². The van der Waals surface area contributed by atoms with Gasteiger partial charge in [-0.15, -0.1) is 11.3 Å². The molecule has 0 aliphatic heterocycles. The molecule has 0 saturated carbocycles. The molecule has 2 rings (SSSR count). The molecule has 0 spiro atoms. The summed E-state index contributed by atoms with van der Waals surface area (Å²) in [6, 6.07) is 1.73. The lowest BCUT2D eigenvalue weighted by Gasteiger charge is -2.25. The van der Waals surface area contributed by atoms with Crippen LogP contribution in [-0.4, -0.2) is 43.0 Å². The highest BCUT2D eigenvalue weighted by molar-refractivity contribution is 7.89. The maximum Gasteiger partial charge on any atom is 0.358 e. The van der Waals surface area contributed by atoms with E-state index < -0.39 is 27.7 Å². The van der Waals surface area contributed by atoms with E-state index in [1.54, 1.807) is 12.3 Å². The van der Waals surface area contributed by atoms with Crippen molar-refractivity contribution >= 4 is 38.9 Å². The van der Waals surface area contributed by atoms with Gasteiger partial charge in [0.25, 0.3) is 10.0 Å². The maximum atomic E-state index is 13.0. The van der Waals surface area contributed by atoms with Crippen LogP contribution in [0, 0.1) is 6.92 Å². The average molecular weight is 406 g/mol. The smallest absolute Gasteiger partial charge is 0.358 e. The lowest BCUT2D eigenvalue weighted by atomic mass is 10.3. The number of nitrogens with zero attached hydrogens (tertiary/aromatic N) is 3. The van der Waals surface area contributed by atoms with Gasteiger partial charge in [-0.25, -0.2) is 23.2 Å². The molecule has 25 heavy (non-hydrogen) atoms. The van der Waals surface area contributed by atoms with E-state index >= 15 is 0 Å². The quantitative estimate of drug-likeness (QED) is 0.413. The van der Waals surface area contributed by atoms with E-state index in [0.717, 1.165) is 16.6 Å². The second kappa shape index (κ2) is 7.75. The minimum absolute atomic E-state index is 0.0357. The molecule has 8 nitrogen and oxygen atoms in total. The van der Waals surface area contributed by atoms with Gasteiger partial charge in [-0.3, -0.25) is 4.84 Å². The van der Waals surface area contributed by atoms with Crippen LogP contribution in [0.3, 0.4) is 0 Å². The number of halogens is 1. The number of aromatic nitrogens is 2. The van der Waals surface area contributed by atoms with Gasteiger partial charge in [0.2, 0.25) is 0 Å². The van der Waals surface area contributed by atoms with Gasteiger partial charge in [0.15, 0.2) is 5.69 Å².